The number of aromatic carboxylic acids is 1. The Hall–Kier alpha value is -1.91. The van der Waals surface area contributed by atoms with Gasteiger partial charge in [-0.05, 0) is 12.5 Å². The first-order valence-corrected chi connectivity index (χ1v) is 3.72. The molecular formula is C8H7N3O2. The summed E-state index contributed by atoms with van der Waals surface area (Å²) in [6, 6.07) is 1.43. The van der Waals surface area contributed by atoms with Crippen LogP contribution in [0.3, 0.4) is 0 Å². The van der Waals surface area contributed by atoms with Gasteiger partial charge in [0, 0.05) is 18.5 Å². The third-order valence-corrected chi connectivity index (χ3v) is 1.66. The van der Waals surface area contributed by atoms with Crippen LogP contribution in [-0.4, -0.2) is 25.7 Å². The van der Waals surface area contributed by atoms with E-state index < -0.39 is 5.97 Å². The maximum atomic E-state index is 10.6. The minimum Gasteiger partial charge on any atom is -0.476 e. The van der Waals surface area contributed by atoms with Gasteiger partial charge in [-0.25, -0.2) is 14.3 Å². The normalized spacial score (nSPS) is 10.5. The molecule has 0 saturated heterocycles. The maximum Gasteiger partial charge on any atom is 0.356 e. The van der Waals surface area contributed by atoms with E-state index in [1.54, 1.807) is 12.4 Å². The smallest absolute Gasteiger partial charge is 0.356 e. The molecule has 0 fully saturated rings. The highest BCUT2D eigenvalue weighted by Crippen LogP contribution is 2.04. The summed E-state index contributed by atoms with van der Waals surface area (Å²) < 4.78 is 1.46. The average Bonchev–Trinajstić information content (AvgIpc) is 2.46. The molecule has 5 heteroatoms. The summed E-state index contributed by atoms with van der Waals surface area (Å²) in [5.41, 5.74) is 1.49. The second kappa shape index (κ2) is 2.55. The average molecular weight is 177 g/mol. The van der Waals surface area contributed by atoms with Gasteiger partial charge in [-0.2, -0.15) is 5.10 Å². The van der Waals surface area contributed by atoms with Gasteiger partial charge in [0.25, 0.3) is 0 Å². The number of carboxylic acid groups (broad SMARTS) is 1. The SMILES string of the molecule is Cc1cnc2cc(C(=O)O)nn2c1. The molecule has 2 rings (SSSR count). The number of aromatic nitrogens is 3. The molecule has 0 spiro atoms. The van der Waals surface area contributed by atoms with Gasteiger partial charge in [0.2, 0.25) is 0 Å². The zero-order chi connectivity index (χ0) is 9.42. The first kappa shape index (κ1) is 7.72. The standard InChI is InChI=1S/C8H7N3O2/c1-5-3-9-7-2-6(8(12)13)10-11(7)4-5/h2-4H,1H3,(H,12,13). The molecule has 2 heterocycles. The Kier molecular flexibility index (Phi) is 1.51. The van der Waals surface area contributed by atoms with Gasteiger partial charge in [0.1, 0.15) is 0 Å². The van der Waals surface area contributed by atoms with Crippen LogP contribution in [0.15, 0.2) is 18.5 Å². The zero-order valence-electron chi connectivity index (χ0n) is 6.93. The van der Waals surface area contributed by atoms with E-state index in [9.17, 15) is 4.79 Å². The van der Waals surface area contributed by atoms with Crippen molar-refractivity contribution in [3.8, 4) is 0 Å². The van der Waals surface area contributed by atoms with Crippen molar-refractivity contribution in [3.05, 3.63) is 29.7 Å². The molecule has 2 aromatic rings. The lowest BCUT2D eigenvalue weighted by Crippen LogP contribution is -1.97. The summed E-state index contributed by atoms with van der Waals surface area (Å²) in [5, 5.41) is 12.5. The molecule has 2 aromatic heterocycles. The van der Waals surface area contributed by atoms with Crippen molar-refractivity contribution >= 4 is 11.6 Å². The van der Waals surface area contributed by atoms with Crippen molar-refractivity contribution in [3.63, 3.8) is 0 Å². The Balaban J connectivity index is 2.68. The molecule has 0 atom stereocenters. The van der Waals surface area contributed by atoms with Gasteiger partial charge in [-0.15, -0.1) is 0 Å². The van der Waals surface area contributed by atoms with Gasteiger partial charge in [-0.3, -0.25) is 0 Å². The Bertz CT molecular complexity index is 475. The van der Waals surface area contributed by atoms with Gasteiger partial charge >= 0.3 is 5.97 Å². The van der Waals surface area contributed by atoms with Crippen molar-refractivity contribution in [1.29, 1.82) is 0 Å². The van der Waals surface area contributed by atoms with Crippen molar-refractivity contribution in [2.45, 2.75) is 6.92 Å². The van der Waals surface area contributed by atoms with Crippen LogP contribution < -0.4 is 0 Å². The molecule has 0 aliphatic carbocycles. The van der Waals surface area contributed by atoms with E-state index in [1.165, 1.54) is 10.6 Å². The summed E-state index contributed by atoms with van der Waals surface area (Å²) in [6.45, 7) is 1.87. The summed E-state index contributed by atoms with van der Waals surface area (Å²) in [7, 11) is 0. The Labute approximate surface area is 73.6 Å². The minimum absolute atomic E-state index is 0.0121. The lowest BCUT2D eigenvalue weighted by atomic mass is 10.4. The molecule has 1 N–H and O–H groups in total. The molecule has 0 bridgehead atoms. The van der Waals surface area contributed by atoms with E-state index in [2.05, 4.69) is 10.1 Å². The fourth-order valence-electron chi connectivity index (χ4n) is 1.07. The van der Waals surface area contributed by atoms with E-state index in [-0.39, 0.29) is 5.69 Å². The van der Waals surface area contributed by atoms with E-state index in [0.29, 0.717) is 5.65 Å². The zero-order valence-corrected chi connectivity index (χ0v) is 6.93. The van der Waals surface area contributed by atoms with Crippen LogP contribution in [0.4, 0.5) is 0 Å². The van der Waals surface area contributed by atoms with E-state index in [1.807, 2.05) is 6.92 Å². The van der Waals surface area contributed by atoms with Crippen LogP contribution in [0.1, 0.15) is 16.1 Å². The first-order valence-electron chi connectivity index (χ1n) is 3.72. The van der Waals surface area contributed by atoms with E-state index >= 15 is 0 Å². The van der Waals surface area contributed by atoms with Crippen LogP contribution in [0, 0.1) is 6.92 Å². The van der Waals surface area contributed by atoms with E-state index in [4.69, 9.17) is 5.11 Å². The quantitative estimate of drug-likeness (QED) is 0.697. The maximum absolute atomic E-state index is 10.6. The molecule has 0 aromatic carbocycles. The third-order valence-electron chi connectivity index (χ3n) is 1.66. The van der Waals surface area contributed by atoms with Crippen molar-refractivity contribution in [1.82, 2.24) is 14.6 Å². The number of aryl methyl sites for hydroxylation is 1. The Morgan fingerprint density at radius 3 is 3.08 bits per heavy atom. The third kappa shape index (κ3) is 1.24. The fraction of sp³-hybridized carbons (Fsp3) is 0.125. The molecule has 0 radical (unpaired) electrons. The monoisotopic (exact) mass is 177 g/mol. The highest BCUT2D eigenvalue weighted by Gasteiger charge is 2.08. The summed E-state index contributed by atoms with van der Waals surface area (Å²) in [5.74, 6) is -1.04. The molecular weight excluding hydrogens is 170 g/mol. The number of carbonyl (C=O) groups is 1. The molecule has 5 nitrogen and oxygen atoms in total. The molecule has 0 saturated carbocycles. The first-order chi connectivity index (χ1) is 6.16. The lowest BCUT2D eigenvalue weighted by molar-refractivity contribution is 0.0690. The van der Waals surface area contributed by atoms with E-state index in [0.717, 1.165) is 5.56 Å². The molecule has 0 amide bonds. The van der Waals surface area contributed by atoms with Crippen LogP contribution in [0.5, 0.6) is 0 Å². The predicted molar refractivity (Wildman–Crippen MR) is 44.7 cm³/mol. The number of hydrogen-bond donors (Lipinski definition) is 1. The topological polar surface area (TPSA) is 67.5 Å². The molecule has 13 heavy (non-hydrogen) atoms. The minimum atomic E-state index is -1.04. The predicted octanol–water partition coefficient (Wildman–Crippen LogP) is 0.736. The Morgan fingerprint density at radius 2 is 2.38 bits per heavy atom. The molecule has 0 aliphatic rings. The van der Waals surface area contributed by atoms with Gasteiger partial charge in [0.15, 0.2) is 11.3 Å². The van der Waals surface area contributed by atoms with Gasteiger partial charge in [0.05, 0.1) is 0 Å². The molecule has 0 aliphatic heterocycles. The fourth-order valence-corrected chi connectivity index (χ4v) is 1.07. The number of rotatable bonds is 1. The van der Waals surface area contributed by atoms with Gasteiger partial charge < -0.3 is 5.11 Å². The van der Waals surface area contributed by atoms with Crippen LogP contribution >= 0.6 is 0 Å². The van der Waals surface area contributed by atoms with Gasteiger partial charge in [-0.1, -0.05) is 0 Å². The highest BCUT2D eigenvalue weighted by atomic mass is 16.4. The highest BCUT2D eigenvalue weighted by molar-refractivity contribution is 5.86. The largest absolute Gasteiger partial charge is 0.476 e. The second-order valence-corrected chi connectivity index (χ2v) is 2.77. The second-order valence-electron chi connectivity index (χ2n) is 2.77. The summed E-state index contributed by atoms with van der Waals surface area (Å²) in [6.07, 6.45) is 3.40. The number of hydrogen-bond acceptors (Lipinski definition) is 3. The number of fused-ring (bicyclic) bond motifs is 1. The molecule has 66 valence electrons. The van der Waals surface area contributed by atoms with Crippen LogP contribution in [0.25, 0.3) is 5.65 Å². The number of carboxylic acids is 1. The Morgan fingerprint density at radius 1 is 1.62 bits per heavy atom. The van der Waals surface area contributed by atoms with Crippen molar-refractivity contribution in [2.75, 3.05) is 0 Å². The molecule has 0 unspecified atom stereocenters. The van der Waals surface area contributed by atoms with Crippen molar-refractivity contribution in [2.24, 2.45) is 0 Å². The van der Waals surface area contributed by atoms with Crippen LogP contribution in [-0.2, 0) is 0 Å². The summed E-state index contributed by atoms with van der Waals surface area (Å²) >= 11 is 0. The van der Waals surface area contributed by atoms with Crippen molar-refractivity contribution < 1.29 is 9.90 Å². The number of nitrogens with zero attached hydrogens (tertiary/aromatic N) is 3. The summed E-state index contributed by atoms with van der Waals surface area (Å²) in [4.78, 5) is 14.6. The van der Waals surface area contributed by atoms with Crippen LogP contribution in [0.2, 0.25) is 0 Å². The lowest BCUT2D eigenvalue weighted by Gasteiger charge is -1.91.